The number of Topliss-reactive ketones (excluding diaryl/α,β-unsaturated/α-hetero) is 2. The Hall–Kier alpha value is -0.450. The zero-order valence-corrected chi connectivity index (χ0v) is 27.6. The van der Waals surface area contributed by atoms with Gasteiger partial charge < -0.3 is 10.2 Å². The maximum absolute atomic E-state index is 13.0. The summed E-state index contributed by atoms with van der Waals surface area (Å²) in [7, 11) is 0. The fraction of sp³-hybridized carbons (Fsp3) is 0.943. The molecule has 0 heterocycles. The predicted molar refractivity (Wildman–Crippen MR) is 172 cm³/mol. The molecule has 0 aromatic carbocycles. The van der Waals surface area contributed by atoms with Gasteiger partial charge in [-0.25, -0.2) is 0 Å². The third-order valence-corrected chi connectivity index (χ3v) is 9.14. The van der Waals surface area contributed by atoms with Crippen molar-refractivity contribution >= 4 is 23.2 Å². The van der Waals surface area contributed by atoms with Crippen LogP contribution in [0.25, 0.3) is 0 Å². The molecule has 0 aliphatic carbocycles. The molecule has 5 heteroatoms. The lowest BCUT2D eigenvalue weighted by Gasteiger charge is -2.34. The van der Waals surface area contributed by atoms with Crippen molar-refractivity contribution in [3.05, 3.63) is 0 Å². The van der Waals surface area contributed by atoms with Crippen molar-refractivity contribution in [1.29, 1.82) is 0 Å². The highest BCUT2D eigenvalue weighted by Gasteiger charge is 2.55. The summed E-state index contributed by atoms with van der Waals surface area (Å²) in [6.45, 7) is 5.81. The smallest absolute Gasteiger partial charge is 0.263 e. The standard InChI is InChI=1S/C35H67ClO4/c1-4-6-8-10-12-14-16-18-20-22-24-26-28-30-32(37)34(3,35(36,39)40)33(38)31-29-27-25-23-21-19-17-15-13-11-9-7-5-2/h39-40H,4-31H2,1-3H3. The summed E-state index contributed by atoms with van der Waals surface area (Å²) < 4.78 is 0. The molecule has 0 spiro atoms. The molecule has 0 aliphatic heterocycles. The van der Waals surface area contributed by atoms with Gasteiger partial charge >= 0.3 is 0 Å². The summed E-state index contributed by atoms with van der Waals surface area (Å²) >= 11 is 5.82. The summed E-state index contributed by atoms with van der Waals surface area (Å²) in [4.78, 5) is 25.9. The van der Waals surface area contributed by atoms with Crippen LogP contribution < -0.4 is 0 Å². The lowest BCUT2D eigenvalue weighted by molar-refractivity contribution is -0.185. The number of hydrogen-bond donors (Lipinski definition) is 2. The number of aliphatic hydroxyl groups is 2. The first-order chi connectivity index (χ1) is 19.2. The molecular formula is C35H67ClO4. The first kappa shape index (κ1) is 39.5. The van der Waals surface area contributed by atoms with E-state index in [0.29, 0.717) is 12.8 Å². The molecule has 0 saturated carbocycles. The Morgan fingerprint density at radius 1 is 0.450 bits per heavy atom. The molecule has 0 aromatic heterocycles. The molecule has 2 N–H and O–H groups in total. The lowest BCUT2D eigenvalue weighted by Crippen LogP contribution is -2.53. The maximum Gasteiger partial charge on any atom is 0.263 e. The summed E-state index contributed by atoms with van der Waals surface area (Å²) in [5.41, 5.74) is -1.97. The van der Waals surface area contributed by atoms with Crippen LogP contribution in [-0.2, 0) is 9.59 Å². The maximum atomic E-state index is 13.0. The summed E-state index contributed by atoms with van der Waals surface area (Å²) in [5, 5.41) is 17.5. The molecule has 0 saturated heterocycles. The van der Waals surface area contributed by atoms with Crippen LogP contribution >= 0.6 is 11.6 Å². The van der Waals surface area contributed by atoms with E-state index in [-0.39, 0.29) is 12.8 Å². The van der Waals surface area contributed by atoms with Gasteiger partial charge in [0.15, 0.2) is 17.0 Å². The number of hydrogen-bond acceptors (Lipinski definition) is 4. The van der Waals surface area contributed by atoms with Crippen LogP contribution in [0.4, 0.5) is 0 Å². The molecule has 0 radical (unpaired) electrons. The normalized spacial score (nSPS) is 12.2. The average Bonchev–Trinajstić information content (AvgIpc) is 2.92. The van der Waals surface area contributed by atoms with Gasteiger partial charge in [-0.05, 0) is 19.8 Å². The van der Waals surface area contributed by atoms with Gasteiger partial charge in [0.25, 0.3) is 5.25 Å². The van der Waals surface area contributed by atoms with E-state index in [1.54, 1.807) is 0 Å². The van der Waals surface area contributed by atoms with E-state index in [4.69, 9.17) is 11.6 Å². The van der Waals surface area contributed by atoms with Crippen LogP contribution in [0.3, 0.4) is 0 Å². The molecule has 0 amide bonds. The Morgan fingerprint density at radius 3 is 0.850 bits per heavy atom. The minimum atomic E-state index is -2.85. The van der Waals surface area contributed by atoms with E-state index in [1.807, 2.05) is 0 Å². The third kappa shape index (κ3) is 19.6. The Labute approximate surface area is 253 Å². The Balaban J connectivity index is 4.02. The highest BCUT2D eigenvalue weighted by atomic mass is 35.5. The first-order valence-corrected chi connectivity index (χ1v) is 17.8. The van der Waals surface area contributed by atoms with Crippen LogP contribution in [0.1, 0.15) is 201 Å². The van der Waals surface area contributed by atoms with Crippen LogP contribution in [0, 0.1) is 5.41 Å². The highest BCUT2D eigenvalue weighted by Crippen LogP contribution is 2.38. The predicted octanol–water partition coefficient (Wildman–Crippen LogP) is 11.0. The van der Waals surface area contributed by atoms with Crippen molar-refractivity contribution < 1.29 is 19.8 Å². The Kier molecular flexibility index (Phi) is 25.9. The zero-order chi connectivity index (χ0) is 30.0. The molecular weight excluding hydrogens is 520 g/mol. The monoisotopic (exact) mass is 586 g/mol. The van der Waals surface area contributed by atoms with Gasteiger partial charge in [0, 0.05) is 12.8 Å². The quantitative estimate of drug-likeness (QED) is 0.0366. The lowest BCUT2D eigenvalue weighted by atomic mass is 9.76. The molecule has 0 atom stereocenters. The number of unbranched alkanes of at least 4 members (excludes halogenated alkanes) is 24. The van der Waals surface area contributed by atoms with Gasteiger partial charge in [-0.2, -0.15) is 0 Å². The highest BCUT2D eigenvalue weighted by molar-refractivity contribution is 6.27. The van der Waals surface area contributed by atoms with Crippen molar-refractivity contribution in [1.82, 2.24) is 0 Å². The van der Waals surface area contributed by atoms with Crippen molar-refractivity contribution in [2.75, 3.05) is 0 Å². The molecule has 40 heavy (non-hydrogen) atoms. The number of carbonyl (C=O) groups excluding carboxylic acids is 2. The van der Waals surface area contributed by atoms with E-state index in [2.05, 4.69) is 13.8 Å². The second-order valence-corrected chi connectivity index (χ2v) is 13.1. The Morgan fingerprint density at radius 2 is 0.650 bits per heavy atom. The van der Waals surface area contributed by atoms with Crippen LogP contribution in [-0.4, -0.2) is 27.0 Å². The van der Waals surface area contributed by atoms with Gasteiger partial charge in [-0.3, -0.25) is 9.59 Å². The fourth-order valence-electron chi connectivity index (χ4n) is 5.62. The van der Waals surface area contributed by atoms with E-state index in [0.717, 1.165) is 25.7 Å². The number of alkyl halides is 1. The largest absolute Gasteiger partial charge is 0.352 e. The van der Waals surface area contributed by atoms with Gasteiger partial charge in [0.2, 0.25) is 0 Å². The van der Waals surface area contributed by atoms with Crippen molar-refractivity contribution in [2.45, 2.75) is 206 Å². The molecule has 0 fully saturated rings. The minimum Gasteiger partial charge on any atom is -0.352 e. The molecule has 0 aliphatic rings. The minimum absolute atomic E-state index is 0.161. The summed E-state index contributed by atoms with van der Waals surface area (Å²) in [6, 6.07) is 0. The van der Waals surface area contributed by atoms with Crippen molar-refractivity contribution in [2.24, 2.45) is 5.41 Å². The van der Waals surface area contributed by atoms with Gasteiger partial charge in [0.1, 0.15) is 0 Å². The summed E-state index contributed by atoms with van der Waals surface area (Å²) in [6.07, 6.45) is 31.8. The molecule has 0 bridgehead atoms. The SMILES string of the molecule is CCCCCCCCCCCCCCCC(=O)C(C)(C(=O)CCCCCCCCCCCCCCC)C(O)(O)Cl. The van der Waals surface area contributed by atoms with Crippen LogP contribution in [0.2, 0.25) is 0 Å². The van der Waals surface area contributed by atoms with Crippen LogP contribution in [0.15, 0.2) is 0 Å². The van der Waals surface area contributed by atoms with E-state index in [1.165, 1.54) is 135 Å². The summed E-state index contributed by atoms with van der Waals surface area (Å²) in [5.74, 6) is -0.898. The number of rotatable bonds is 31. The van der Waals surface area contributed by atoms with Crippen molar-refractivity contribution in [3.63, 3.8) is 0 Å². The Bertz CT molecular complexity index is 557. The van der Waals surface area contributed by atoms with E-state index in [9.17, 15) is 19.8 Å². The fourth-order valence-corrected chi connectivity index (χ4v) is 5.83. The average molecular weight is 587 g/mol. The number of ketones is 2. The van der Waals surface area contributed by atoms with Crippen molar-refractivity contribution in [3.8, 4) is 0 Å². The van der Waals surface area contributed by atoms with E-state index >= 15 is 0 Å². The van der Waals surface area contributed by atoms with Gasteiger partial charge in [-0.15, -0.1) is 0 Å². The van der Waals surface area contributed by atoms with E-state index < -0.39 is 22.2 Å². The second kappa shape index (κ2) is 26.2. The number of halogens is 1. The molecule has 0 rings (SSSR count). The topological polar surface area (TPSA) is 74.6 Å². The molecule has 0 aromatic rings. The first-order valence-electron chi connectivity index (χ1n) is 17.4. The molecule has 4 nitrogen and oxygen atoms in total. The molecule has 238 valence electrons. The third-order valence-electron chi connectivity index (χ3n) is 8.77. The number of carbonyl (C=O) groups is 2. The second-order valence-electron chi connectivity index (χ2n) is 12.5. The van der Waals surface area contributed by atoms with Gasteiger partial charge in [-0.1, -0.05) is 180 Å². The molecule has 0 unspecified atom stereocenters. The van der Waals surface area contributed by atoms with Crippen LogP contribution in [0.5, 0.6) is 0 Å². The zero-order valence-electron chi connectivity index (χ0n) is 26.9. The van der Waals surface area contributed by atoms with Gasteiger partial charge in [0.05, 0.1) is 0 Å².